The van der Waals surface area contributed by atoms with E-state index in [0.29, 0.717) is 19.4 Å². The fraction of sp³-hybridized carbons (Fsp3) is 0.600. The molecule has 0 saturated carbocycles. The van der Waals surface area contributed by atoms with Crippen LogP contribution in [0.3, 0.4) is 0 Å². The fourth-order valence-electron chi connectivity index (χ4n) is 1.20. The van der Waals surface area contributed by atoms with Gasteiger partial charge in [0.25, 0.3) is 0 Å². The molecule has 1 aromatic heterocycles. The Labute approximate surface area is 109 Å². The van der Waals surface area contributed by atoms with Crippen LogP contribution < -0.4 is 10.6 Å². The number of hydrogen-bond acceptors (Lipinski definition) is 5. The summed E-state index contributed by atoms with van der Waals surface area (Å²) in [6.07, 6.45) is 2.72. The monoisotopic (exact) mass is 271 g/mol. The second-order valence-corrected chi connectivity index (χ2v) is 4.22. The van der Waals surface area contributed by atoms with Crippen LogP contribution in [0.4, 0.5) is 4.79 Å². The third-order valence-corrected chi connectivity index (χ3v) is 2.39. The molecule has 0 radical (unpaired) electrons. The molecule has 0 aromatic carbocycles. The summed E-state index contributed by atoms with van der Waals surface area (Å²) in [5.41, 5.74) is -1.98. The van der Waals surface area contributed by atoms with Gasteiger partial charge in [-0.2, -0.15) is 5.10 Å². The SMILES string of the molecule is CC(O)(CNC(=O)NCCCc1ncn[nH]1)C(=O)O. The molecule has 19 heavy (non-hydrogen) atoms. The highest BCUT2D eigenvalue weighted by atomic mass is 16.4. The molecule has 1 heterocycles. The molecule has 0 aliphatic rings. The van der Waals surface area contributed by atoms with Crippen LogP contribution in [0, 0.1) is 0 Å². The number of H-pyrrole nitrogens is 1. The molecule has 0 fully saturated rings. The van der Waals surface area contributed by atoms with Crippen molar-refractivity contribution in [1.82, 2.24) is 25.8 Å². The molecule has 1 rings (SSSR count). The zero-order chi connectivity index (χ0) is 14.3. The highest BCUT2D eigenvalue weighted by Crippen LogP contribution is 2.00. The predicted molar refractivity (Wildman–Crippen MR) is 64.4 cm³/mol. The number of carboxylic acids is 1. The highest BCUT2D eigenvalue weighted by molar-refractivity contribution is 5.79. The first kappa shape index (κ1) is 14.9. The van der Waals surface area contributed by atoms with E-state index in [-0.39, 0.29) is 6.54 Å². The van der Waals surface area contributed by atoms with Crippen molar-refractivity contribution < 1.29 is 19.8 Å². The van der Waals surface area contributed by atoms with E-state index in [9.17, 15) is 14.7 Å². The van der Waals surface area contributed by atoms with E-state index in [4.69, 9.17) is 5.11 Å². The number of carboxylic acid groups (broad SMARTS) is 1. The van der Waals surface area contributed by atoms with Gasteiger partial charge in [-0.1, -0.05) is 0 Å². The van der Waals surface area contributed by atoms with Crippen molar-refractivity contribution in [3.8, 4) is 0 Å². The third-order valence-electron chi connectivity index (χ3n) is 2.39. The lowest BCUT2D eigenvalue weighted by Crippen LogP contribution is -2.49. The summed E-state index contributed by atoms with van der Waals surface area (Å²) >= 11 is 0. The van der Waals surface area contributed by atoms with E-state index in [1.807, 2.05) is 0 Å². The number of amides is 2. The van der Waals surface area contributed by atoms with Gasteiger partial charge in [0.15, 0.2) is 5.60 Å². The minimum absolute atomic E-state index is 0.365. The first-order valence-corrected chi connectivity index (χ1v) is 5.73. The van der Waals surface area contributed by atoms with Crippen molar-refractivity contribution >= 4 is 12.0 Å². The molecule has 0 saturated heterocycles. The Morgan fingerprint density at radius 2 is 2.21 bits per heavy atom. The number of aliphatic carboxylic acids is 1. The number of aryl methyl sites for hydroxylation is 1. The zero-order valence-electron chi connectivity index (χ0n) is 10.5. The summed E-state index contributed by atoms with van der Waals surface area (Å²) in [5, 5.41) is 29.2. The molecule has 9 heteroatoms. The first-order chi connectivity index (χ1) is 8.92. The summed E-state index contributed by atoms with van der Waals surface area (Å²) < 4.78 is 0. The van der Waals surface area contributed by atoms with Crippen LogP contribution in [0.25, 0.3) is 0 Å². The molecular formula is C10H17N5O4. The van der Waals surface area contributed by atoms with Gasteiger partial charge in [0.05, 0.1) is 6.54 Å². The fourth-order valence-corrected chi connectivity index (χ4v) is 1.20. The van der Waals surface area contributed by atoms with E-state index < -0.39 is 17.6 Å². The van der Waals surface area contributed by atoms with Crippen LogP contribution in [0.5, 0.6) is 0 Å². The quantitative estimate of drug-likeness (QED) is 0.397. The van der Waals surface area contributed by atoms with Crippen molar-refractivity contribution in [2.24, 2.45) is 0 Å². The van der Waals surface area contributed by atoms with E-state index in [1.165, 1.54) is 6.33 Å². The van der Waals surface area contributed by atoms with E-state index in [2.05, 4.69) is 25.8 Å². The van der Waals surface area contributed by atoms with Gasteiger partial charge >= 0.3 is 12.0 Å². The number of aromatic amines is 1. The van der Waals surface area contributed by atoms with Gasteiger partial charge in [-0.05, 0) is 13.3 Å². The minimum Gasteiger partial charge on any atom is -0.479 e. The van der Waals surface area contributed by atoms with Gasteiger partial charge in [0, 0.05) is 13.0 Å². The van der Waals surface area contributed by atoms with E-state index in [1.54, 1.807) is 0 Å². The summed E-state index contributed by atoms with van der Waals surface area (Å²) in [4.78, 5) is 25.8. The molecule has 1 aromatic rings. The van der Waals surface area contributed by atoms with Crippen molar-refractivity contribution in [2.45, 2.75) is 25.4 Å². The van der Waals surface area contributed by atoms with Crippen molar-refractivity contribution in [3.05, 3.63) is 12.2 Å². The molecule has 0 aliphatic carbocycles. The molecule has 0 bridgehead atoms. The average Bonchev–Trinajstić information content (AvgIpc) is 2.85. The van der Waals surface area contributed by atoms with E-state index in [0.717, 1.165) is 12.7 Å². The second kappa shape index (κ2) is 6.69. The maximum Gasteiger partial charge on any atom is 0.337 e. The number of carbonyl (C=O) groups excluding carboxylic acids is 1. The molecule has 0 spiro atoms. The van der Waals surface area contributed by atoms with Crippen LogP contribution in [0.2, 0.25) is 0 Å². The van der Waals surface area contributed by atoms with Crippen LogP contribution in [-0.4, -0.2) is 56.1 Å². The number of nitrogens with one attached hydrogen (secondary N) is 3. The Morgan fingerprint density at radius 3 is 2.79 bits per heavy atom. The number of hydrogen-bond donors (Lipinski definition) is 5. The summed E-state index contributed by atoms with van der Waals surface area (Å²) in [5.74, 6) is -0.658. The molecular weight excluding hydrogens is 254 g/mol. The number of rotatable bonds is 7. The molecule has 5 N–H and O–H groups in total. The second-order valence-electron chi connectivity index (χ2n) is 4.22. The Morgan fingerprint density at radius 1 is 1.47 bits per heavy atom. The Hall–Kier alpha value is -2.16. The standard InChI is InChI=1S/C10H17N5O4/c1-10(19,8(16)17)5-12-9(18)11-4-2-3-7-13-6-14-15-7/h6,19H,2-5H2,1H3,(H,16,17)(H2,11,12,18)(H,13,14,15). The lowest BCUT2D eigenvalue weighted by molar-refractivity contribution is -0.155. The zero-order valence-corrected chi connectivity index (χ0v) is 10.5. The average molecular weight is 271 g/mol. The van der Waals surface area contributed by atoms with Crippen molar-refractivity contribution in [2.75, 3.05) is 13.1 Å². The van der Waals surface area contributed by atoms with Crippen molar-refractivity contribution in [1.29, 1.82) is 0 Å². The lowest BCUT2D eigenvalue weighted by Gasteiger charge is -2.18. The summed E-state index contributed by atoms with van der Waals surface area (Å²) in [7, 11) is 0. The Kier molecular flexibility index (Phi) is 5.24. The number of urea groups is 1. The van der Waals surface area contributed by atoms with Crippen LogP contribution in [-0.2, 0) is 11.2 Å². The maximum absolute atomic E-state index is 11.3. The van der Waals surface area contributed by atoms with Gasteiger partial charge in [-0.25, -0.2) is 14.6 Å². The van der Waals surface area contributed by atoms with Gasteiger partial charge in [0.2, 0.25) is 0 Å². The van der Waals surface area contributed by atoms with Gasteiger partial charge in [-0.15, -0.1) is 0 Å². The maximum atomic E-state index is 11.3. The van der Waals surface area contributed by atoms with Crippen LogP contribution in [0.15, 0.2) is 6.33 Å². The minimum atomic E-state index is -1.98. The topological polar surface area (TPSA) is 140 Å². The smallest absolute Gasteiger partial charge is 0.337 e. The van der Waals surface area contributed by atoms with E-state index >= 15 is 0 Å². The van der Waals surface area contributed by atoms with Crippen LogP contribution in [0.1, 0.15) is 19.2 Å². The van der Waals surface area contributed by atoms with Crippen LogP contribution >= 0.6 is 0 Å². The number of aliphatic hydroxyl groups is 1. The molecule has 1 unspecified atom stereocenters. The predicted octanol–water partition coefficient (Wildman–Crippen LogP) is -1.13. The van der Waals surface area contributed by atoms with Crippen molar-refractivity contribution in [3.63, 3.8) is 0 Å². The summed E-state index contributed by atoms with van der Waals surface area (Å²) in [6.45, 7) is 1.15. The third kappa shape index (κ3) is 5.34. The molecule has 1 atom stereocenters. The molecule has 0 aliphatic heterocycles. The number of nitrogens with zero attached hydrogens (tertiary/aromatic N) is 2. The molecule has 9 nitrogen and oxygen atoms in total. The molecule has 106 valence electrons. The molecule has 2 amide bonds. The first-order valence-electron chi connectivity index (χ1n) is 5.73. The lowest BCUT2D eigenvalue weighted by atomic mass is 10.1. The van der Waals surface area contributed by atoms with Gasteiger partial charge < -0.3 is 20.8 Å². The highest BCUT2D eigenvalue weighted by Gasteiger charge is 2.30. The number of carbonyl (C=O) groups is 2. The Balaban J connectivity index is 2.13. The number of aromatic nitrogens is 3. The Bertz CT molecular complexity index is 418. The van der Waals surface area contributed by atoms with Gasteiger partial charge in [-0.3, -0.25) is 5.10 Å². The summed E-state index contributed by atoms with van der Waals surface area (Å²) in [6, 6.07) is -0.529. The largest absolute Gasteiger partial charge is 0.479 e. The van der Waals surface area contributed by atoms with Gasteiger partial charge in [0.1, 0.15) is 12.2 Å². The normalized spacial score (nSPS) is 13.6.